The molecule has 1 aromatic heterocycles. The lowest BCUT2D eigenvalue weighted by Gasteiger charge is -2.28. The Morgan fingerprint density at radius 3 is 2.31 bits per heavy atom. The Balaban J connectivity index is 2.36. The standard InChI is InChI=1S/C26H32N4O4S/c1-20(2)30(16-10-11-17-34-19-24(31)29-35(3,32)33)23-18-27-25(21-12-6-4-7-13-21)26(28-23)22-14-8-5-9-15-22/h4-9,12-15,18,20H,10-11,16-17,19H2,1-3H3,(H,29,31)/i1D3,2D3,10D2,11D2,16D2,17D2,20D. The van der Waals surface area contributed by atoms with Gasteiger partial charge in [-0.1, -0.05) is 60.7 Å². The lowest BCUT2D eigenvalue weighted by Crippen LogP contribution is -2.33. The van der Waals surface area contributed by atoms with E-state index in [1.807, 2.05) is 0 Å². The van der Waals surface area contributed by atoms with Crippen molar-refractivity contribution >= 4 is 21.7 Å². The first-order valence-electron chi connectivity index (χ1n) is 17.5. The van der Waals surface area contributed by atoms with Gasteiger partial charge < -0.3 is 9.64 Å². The van der Waals surface area contributed by atoms with E-state index in [2.05, 4.69) is 14.7 Å². The molecule has 0 spiro atoms. The summed E-state index contributed by atoms with van der Waals surface area (Å²) in [6.45, 7) is -17.8. The van der Waals surface area contributed by atoms with Gasteiger partial charge in [-0.3, -0.25) is 14.5 Å². The fraction of sp³-hybridized carbons (Fsp3) is 0.346. The van der Waals surface area contributed by atoms with Crippen LogP contribution in [0.5, 0.6) is 0 Å². The maximum absolute atomic E-state index is 12.0. The van der Waals surface area contributed by atoms with E-state index in [4.69, 9.17) is 20.6 Å². The van der Waals surface area contributed by atoms with E-state index in [0.29, 0.717) is 18.0 Å². The Bertz CT molecular complexity index is 1780. The lowest BCUT2D eigenvalue weighted by atomic mass is 10.0. The van der Waals surface area contributed by atoms with Gasteiger partial charge >= 0.3 is 0 Å². The maximum Gasteiger partial charge on any atom is 0.259 e. The van der Waals surface area contributed by atoms with Crippen LogP contribution in [0.3, 0.4) is 0 Å². The van der Waals surface area contributed by atoms with Crippen LogP contribution in [0.15, 0.2) is 66.9 Å². The average molecular weight is 512 g/mol. The van der Waals surface area contributed by atoms with Crippen molar-refractivity contribution in [3.05, 3.63) is 66.9 Å². The molecule has 186 valence electrons. The number of aromatic nitrogens is 2. The number of nitrogens with zero attached hydrogens (tertiary/aromatic N) is 3. The quantitative estimate of drug-likeness (QED) is 0.393. The number of carbonyl (C=O) groups excluding carboxylic acids is 1. The summed E-state index contributed by atoms with van der Waals surface area (Å²) in [7, 11) is -4.19. The molecule has 0 radical (unpaired) electrons. The summed E-state index contributed by atoms with van der Waals surface area (Å²) in [5.41, 5.74) is 0.748. The maximum atomic E-state index is 12.0. The van der Waals surface area contributed by atoms with Gasteiger partial charge in [-0.2, -0.15) is 0 Å². The minimum absolute atomic E-state index is 0.104. The zero-order valence-corrected chi connectivity index (χ0v) is 19.3. The lowest BCUT2D eigenvalue weighted by molar-refractivity contribution is -0.123. The minimum atomic E-state index is -4.37. The highest BCUT2D eigenvalue weighted by molar-refractivity contribution is 7.89. The van der Waals surface area contributed by atoms with Crippen LogP contribution < -0.4 is 9.62 Å². The second kappa shape index (κ2) is 12.4. The van der Waals surface area contributed by atoms with E-state index in [-0.39, 0.29) is 17.0 Å². The highest BCUT2D eigenvalue weighted by Crippen LogP contribution is 2.30. The molecule has 3 rings (SSSR count). The van der Waals surface area contributed by atoms with Crippen molar-refractivity contribution in [1.82, 2.24) is 14.7 Å². The summed E-state index contributed by atoms with van der Waals surface area (Å²) in [4.78, 5) is 20.1. The molecule has 0 unspecified atom stereocenters. The van der Waals surface area contributed by atoms with Crippen LogP contribution in [-0.2, 0) is 19.6 Å². The summed E-state index contributed by atoms with van der Waals surface area (Å²) in [5.74, 6) is -2.56. The SMILES string of the molecule is [2H]C([2H])([2H])C([2H])(N(c1cnc(-c2ccccc2)c(-c2ccccc2)n1)C([2H])([2H])C([2H])([2H])C([2H])([2H])C([2H])([2H])OCC(=O)NS(C)(=O)=O)C([2H])([2H])[2H]. The number of hydrogen-bond acceptors (Lipinski definition) is 7. The zero-order chi connectivity index (χ0) is 38.4. The molecule has 0 fully saturated rings. The normalized spacial score (nSPS) is 20.4. The molecule has 0 aliphatic heterocycles. The summed E-state index contributed by atoms with van der Waals surface area (Å²) in [5, 5.41) is 0. The number of amides is 1. The Morgan fingerprint density at radius 2 is 1.71 bits per heavy atom. The Labute approximate surface area is 228 Å². The van der Waals surface area contributed by atoms with Gasteiger partial charge in [0.05, 0.1) is 28.0 Å². The number of nitrogens with one attached hydrogen (secondary N) is 1. The van der Waals surface area contributed by atoms with Gasteiger partial charge in [0.2, 0.25) is 10.0 Å². The molecule has 1 amide bonds. The molecule has 3 aromatic rings. The predicted molar refractivity (Wildman–Crippen MR) is 138 cm³/mol. The molecule has 35 heavy (non-hydrogen) atoms. The number of ether oxygens (including phenoxy) is 1. The summed E-state index contributed by atoms with van der Waals surface area (Å²) in [6, 6.07) is 12.0. The summed E-state index contributed by atoms with van der Waals surface area (Å²) in [6.07, 6.45) is -7.37. The second-order valence-corrected chi connectivity index (χ2v) is 8.64. The molecule has 0 saturated heterocycles. The Kier molecular flexibility index (Phi) is 4.47. The van der Waals surface area contributed by atoms with Gasteiger partial charge in [0.25, 0.3) is 5.91 Å². The van der Waals surface area contributed by atoms with E-state index < -0.39 is 78.8 Å². The topological polar surface area (TPSA) is 101 Å². The number of sulfonamides is 1. The third-order valence-corrected chi connectivity index (χ3v) is 4.76. The van der Waals surface area contributed by atoms with Crippen molar-refractivity contribution in [3.63, 3.8) is 0 Å². The van der Waals surface area contributed by atoms with Crippen LogP contribution in [-0.4, -0.2) is 56.2 Å². The monoisotopic (exact) mass is 511 g/mol. The number of hydrogen-bond donors (Lipinski definition) is 1. The van der Waals surface area contributed by atoms with Crippen LogP contribution >= 0.6 is 0 Å². The largest absolute Gasteiger partial charge is 0.372 e. The van der Waals surface area contributed by atoms with Gasteiger partial charge in [-0.15, -0.1) is 0 Å². The van der Waals surface area contributed by atoms with E-state index in [1.54, 1.807) is 48.5 Å². The van der Waals surface area contributed by atoms with Crippen molar-refractivity contribution in [2.45, 2.75) is 32.5 Å². The molecule has 2 aromatic carbocycles. The molecule has 0 bridgehead atoms. The minimum Gasteiger partial charge on any atom is -0.372 e. The van der Waals surface area contributed by atoms with Crippen molar-refractivity contribution in [1.29, 1.82) is 0 Å². The van der Waals surface area contributed by atoms with Crippen molar-refractivity contribution in [2.75, 3.05) is 30.8 Å². The van der Waals surface area contributed by atoms with Gasteiger partial charge in [-0.25, -0.2) is 13.4 Å². The zero-order valence-electron chi connectivity index (χ0n) is 33.4. The van der Waals surface area contributed by atoms with E-state index >= 15 is 0 Å². The van der Waals surface area contributed by atoms with Crippen LogP contribution in [0, 0.1) is 0 Å². The Hall–Kier alpha value is -3.30. The van der Waals surface area contributed by atoms with Crippen LogP contribution in [0.2, 0.25) is 0 Å². The fourth-order valence-corrected chi connectivity index (χ4v) is 3.28. The van der Waals surface area contributed by atoms with Gasteiger partial charge in [0.15, 0.2) is 0 Å². The van der Waals surface area contributed by atoms with Crippen LogP contribution in [0.25, 0.3) is 22.5 Å². The van der Waals surface area contributed by atoms with Gasteiger partial charge in [0.1, 0.15) is 12.4 Å². The van der Waals surface area contributed by atoms with Crippen LogP contribution in [0.4, 0.5) is 5.82 Å². The molecule has 0 atom stereocenters. The molecule has 1 heterocycles. The van der Waals surface area contributed by atoms with Crippen LogP contribution in [0.1, 0.15) is 47.0 Å². The second-order valence-electron chi connectivity index (χ2n) is 6.89. The summed E-state index contributed by atoms with van der Waals surface area (Å²) >= 11 is 0. The first-order valence-corrected chi connectivity index (χ1v) is 11.8. The molecule has 8 nitrogen and oxygen atoms in total. The highest BCUT2D eigenvalue weighted by atomic mass is 32.2. The molecule has 9 heteroatoms. The fourth-order valence-electron chi connectivity index (χ4n) is 2.80. The molecule has 1 N–H and O–H groups in total. The number of benzene rings is 2. The number of carbonyl (C=O) groups is 1. The van der Waals surface area contributed by atoms with Crippen molar-refractivity contribution in [3.8, 4) is 22.5 Å². The first-order chi connectivity index (χ1) is 22.5. The number of anilines is 1. The van der Waals surface area contributed by atoms with Crippen molar-refractivity contribution < 1.29 is 38.5 Å². The van der Waals surface area contributed by atoms with Crippen molar-refractivity contribution in [2.24, 2.45) is 0 Å². The summed E-state index contributed by atoms with van der Waals surface area (Å²) < 4.78 is 154. The first kappa shape index (κ1) is 12.6. The molecule has 0 aliphatic rings. The third-order valence-electron chi connectivity index (χ3n) is 4.16. The van der Waals surface area contributed by atoms with Gasteiger partial charge in [0, 0.05) is 46.6 Å². The number of rotatable bonds is 12. The Morgan fingerprint density at radius 1 is 1.09 bits per heavy atom. The third kappa shape index (κ3) is 8.15. The van der Waals surface area contributed by atoms with E-state index in [0.717, 1.165) is 0 Å². The average Bonchev–Trinajstić information content (AvgIpc) is 2.98. The molecule has 0 aliphatic carbocycles. The smallest absolute Gasteiger partial charge is 0.259 e. The molecular weight excluding hydrogens is 464 g/mol. The van der Waals surface area contributed by atoms with E-state index in [1.165, 1.54) is 16.9 Å². The molecule has 0 saturated carbocycles. The van der Waals surface area contributed by atoms with Gasteiger partial charge in [-0.05, 0) is 26.4 Å². The van der Waals surface area contributed by atoms with E-state index in [9.17, 15) is 13.2 Å². The highest BCUT2D eigenvalue weighted by Gasteiger charge is 2.17. The predicted octanol–water partition coefficient (Wildman–Crippen LogP) is 3.90. The molecular formula is C26H32N4O4S.